The van der Waals surface area contributed by atoms with Gasteiger partial charge < -0.3 is 5.32 Å². The van der Waals surface area contributed by atoms with Crippen LogP contribution < -0.4 is 5.32 Å². The summed E-state index contributed by atoms with van der Waals surface area (Å²) in [6, 6.07) is 1.90. The van der Waals surface area contributed by atoms with Crippen molar-refractivity contribution in [3.63, 3.8) is 0 Å². The van der Waals surface area contributed by atoms with Crippen LogP contribution in [0.15, 0.2) is 11.8 Å². The van der Waals surface area contributed by atoms with E-state index < -0.39 is 0 Å². The molecule has 42 valence electrons. The molecule has 3 nitrogen and oxygen atoms in total. The predicted molar refractivity (Wildman–Crippen MR) is 31.3 cm³/mol. The van der Waals surface area contributed by atoms with Crippen LogP contribution in [0.5, 0.6) is 0 Å². The van der Waals surface area contributed by atoms with Gasteiger partial charge in [0, 0.05) is 11.8 Å². The van der Waals surface area contributed by atoms with Gasteiger partial charge in [-0.3, -0.25) is 5.41 Å². The molecular weight excluding hydrogens is 102 g/mol. The molecule has 0 heterocycles. The van der Waals surface area contributed by atoms with Gasteiger partial charge in [-0.15, -0.1) is 0 Å². The van der Waals surface area contributed by atoms with Crippen LogP contribution in [-0.2, 0) is 0 Å². The maximum Gasteiger partial charge on any atom is 0.0959 e. The fourth-order valence-corrected chi connectivity index (χ4v) is 0.199. The van der Waals surface area contributed by atoms with Crippen molar-refractivity contribution in [3.05, 3.63) is 11.8 Å². The van der Waals surface area contributed by atoms with Gasteiger partial charge in [0.05, 0.1) is 12.4 Å². The van der Waals surface area contributed by atoms with Crippen LogP contribution >= 0.6 is 0 Å². The maximum atomic E-state index is 8.13. The van der Waals surface area contributed by atoms with Crippen LogP contribution in [0.4, 0.5) is 0 Å². The Hall–Kier alpha value is -1.30. The summed E-state index contributed by atoms with van der Waals surface area (Å²) < 4.78 is 0. The number of rotatable bonds is 2. The van der Waals surface area contributed by atoms with Gasteiger partial charge in [-0.1, -0.05) is 0 Å². The molecule has 0 amide bonds. The van der Waals surface area contributed by atoms with E-state index in [1.54, 1.807) is 6.92 Å². The zero-order chi connectivity index (χ0) is 6.41. The van der Waals surface area contributed by atoms with Crippen molar-refractivity contribution in [1.29, 1.82) is 10.7 Å². The average Bonchev–Trinajstić information content (AvgIpc) is 1.83. The number of nitrogens with zero attached hydrogens (tertiary/aromatic N) is 1. The fourth-order valence-electron chi connectivity index (χ4n) is 0.199. The molecule has 3 heteroatoms. The van der Waals surface area contributed by atoms with Crippen molar-refractivity contribution in [2.24, 2.45) is 0 Å². The van der Waals surface area contributed by atoms with E-state index in [0.717, 1.165) is 6.34 Å². The molecule has 2 N–H and O–H groups in total. The molecule has 0 rings (SSSR count). The van der Waals surface area contributed by atoms with Gasteiger partial charge in [-0.2, -0.15) is 5.26 Å². The average molecular weight is 109 g/mol. The molecule has 0 aromatic carbocycles. The third-order valence-electron chi connectivity index (χ3n) is 0.560. The van der Waals surface area contributed by atoms with E-state index in [2.05, 4.69) is 5.32 Å². The highest BCUT2D eigenvalue weighted by Gasteiger charge is 1.76. The Morgan fingerprint density at radius 1 is 1.88 bits per heavy atom. The van der Waals surface area contributed by atoms with Gasteiger partial charge in [-0.05, 0) is 6.92 Å². The topological polar surface area (TPSA) is 59.7 Å². The van der Waals surface area contributed by atoms with E-state index in [0.29, 0.717) is 5.57 Å². The molecule has 0 unspecified atom stereocenters. The summed E-state index contributed by atoms with van der Waals surface area (Å²) in [6.45, 7) is 1.66. The number of hydrogen-bond acceptors (Lipinski definition) is 2. The highest BCUT2D eigenvalue weighted by molar-refractivity contribution is 5.52. The Morgan fingerprint density at radius 2 is 2.50 bits per heavy atom. The van der Waals surface area contributed by atoms with E-state index in [9.17, 15) is 0 Å². The minimum absolute atomic E-state index is 0.563. The molecule has 0 aliphatic heterocycles. The van der Waals surface area contributed by atoms with Crippen molar-refractivity contribution in [2.75, 3.05) is 0 Å². The van der Waals surface area contributed by atoms with Gasteiger partial charge in [-0.25, -0.2) is 0 Å². The molecule has 8 heavy (non-hydrogen) atoms. The monoisotopic (exact) mass is 109 g/mol. The first-order chi connectivity index (χ1) is 3.81. The van der Waals surface area contributed by atoms with Crippen LogP contribution in [0.3, 0.4) is 0 Å². The minimum Gasteiger partial charge on any atom is -0.352 e. The van der Waals surface area contributed by atoms with Gasteiger partial charge >= 0.3 is 0 Å². The Balaban J connectivity index is 3.61. The molecule has 0 aromatic heterocycles. The number of nitrogens with one attached hydrogen (secondary N) is 2. The Bertz CT molecular complexity index is 140. The van der Waals surface area contributed by atoms with Crippen molar-refractivity contribution in [1.82, 2.24) is 5.32 Å². The minimum atomic E-state index is 0.563. The van der Waals surface area contributed by atoms with Gasteiger partial charge in [0.1, 0.15) is 0 Å². The third-order valence-corrected chi connectivity index (χ3v) is 0.560. The van der Waals surface area contributed by atoms with E-state index in [-0.39, 0.29) is 0 Å². The summed E-state index contributed by atoms with van der Waals surface area (Å²) in [5.41, 5.74) is 0.563. The Morgan fingerprint density at radius 3 is 2.88 bits per heavy atom. The zero-order valence-corrected chi connectivity index (χ0v) is 4.60. The highest BCUT2D eigenvalue weighted by atomic mass is 14.8. The highest BCUT2D eigenvalue weighted by Crippen LogP contribution is 1.81. The quantitative estimate of drug-likeness (QED) is 0.310. The SMILES string of the molecule is C/C(C#N)=C\NC=N. The smallest absolute Gasteiger partial charge is 0.0959 e. The Labute approximate surface area is 48.1 Å². The first kappa shape index (κ1) is 6.70. The first-order valence-corrected chi connectivity index (χ1v) is 2.13. The molecule has 0 aliphatic rings. The molecule has 0 saturated heterocycles. The molecule has 0 saturated carbocycles. The summed E-state index contributed by atoms with van der Waals surface area (Å²) in [6.07, 6.45) is 2.48. The zero-order valence-electron chi connectivity index (χ0n) is 4.60. The summed E-state index contributed by atoms with van der Waals surface area (Å²) >= 11 is 0. The standard InChI is InChI=1S/C5H7N3/c1-5(2-6)3-8-4-7/h3-4H,1H3,(H2,7,8)/b5-3+. The summed E-state index contributed by atoms with van der Waals surface area (Å²) in [5.74, 6) is 0. The summed E-state index contributed by atoms with van der Waals surface area (Å²) in [4.78, 5) is 0. The lowest BCUT2D eigenvalue weighted by molar-refractivity contribution is 1.24. The first-order valence-electron chi connectivity index (χ1n) is 2.13. The third kappa shape index (κ3) is 2.91. The van der Waals surface area contributed by atoms with Crippen LogP contribution in [0.1, 0.15) is 6.92 Å². The second-order valence-corrected chi connectivity index (χ2v) is 1.25. The molecule has 0 aromatic rings. The molecule has 0 spiro atoms. The largest absolute Gasteiger partial charge is 0.352 e. The number of nitriles is 1. The summed E-state index contributed by atoms with van der Waals surface area (Å²) in [7, 11) is 0. The van der Waals surface area contributed by atoms with E-state index in [1.807, 2.05) is 6.07 Å². The van der Waals surface area contributed by atoms with E-state index >= 15 is 0 Å². The normalized spacial score (nSPS) is 9.75. The van der Waals surface area contributed by atoms with Crippen molar-refractivity contribution < 1.29 is 0 Å². The fraction of sp³-hybridized carbons (Fsp3) is 0.200. The van der Waals surface area contributed by atoms with Crippen LogP contribution in [0.25, 0.3) is 0 Å². The lowest BCUT2D eigenvalue weighted by atomic mass is 10.4. The van der Waals surface area contributed by atoms with Gasteiger partial charge in [0.15, 0.2) is 0 Å². The summed E-state index contributed by atoms with van der Waals surface area (Å²) in [5, 5.41) is 17.1. The number of hydrogen-bond donors (Lipinski definition) is 2. The molecule has 0 aliphatic carbocycles. The predicted octanol–water partition coefficient (Wildman–Crippen LogP) is 0.610. The van der Waals surface area contributed by atoms with Crippen LogP contribution in [0, 0.1) is 16.7 Å². The van der Waals surface area contributed by atoms with Crippen molar-refractivity contribution in [3.8, 4) is 6.07 Å². The van der Waals surface area contributed by atoms with E-state index in [1.165, 1.54) is 6.20 Å². The maximum absolute atomic E-state index is 8.13. The van der Waals surface area contributed by atoms with Crippen LogP contribution in [0.2, 0.25) is 0 Å². The molecule has 0 radical (unpaired) electrons. The van der Waals surface area contributed by atoms with Crippen molar-refractivity contribution >= 4 is 6.34 Å². The lowest BCUT2D eigenvalue weighted by Gasteiger charge is -1.83. The molecule has 0 atom stereocenters. The second kappa shape index (κ2) is 3.88. The Kier molecular flexibility index (Phi) is 3.25. The van der Waals surface area contributed by atoms with Crippen molar-refractivity contribution in [2.45, 2.75) is 6.92 Å². The molecular formula is C5H7N3. The lowest BCUT2D eigenvalue weighted by Crippen LogP contribution is -1.98. The van der Waals surface area contributed by atoms with Crippen LogP contribution in [-0.4, -0.2) is 6.34 Å². The second-order valence-electron chi connectivity index (χ2n) is 1.25. The van der Waals surface area contributed by atoms with Gasteiger partial charge in [0.25, 0.3) is 0 Å². The number of allylic oxidation sites excluding steroid dienone is 1. The van der Waals surface area contributed by atoms with Gasteiger partial charge in [0.2, 0.25) is 0 Å². The molecule has 0 fully saturated rings. The van der Waals surface area contributed by atoms with E-state index in [4.69, 9.17) is 10.7 Å². The molecule has 0 bridgehead atoms.